The molecule has 0 spiro atoms. The fourth-order valence-electron chi connectivity index (χ4n) is 2.66. The van der Waals surface area contributed by atoms with Gasteiger partial charge in [-0.2, -0.15) is 0 Å². The van der Waals surface area contributed by atoms with Gasteiger partial charge in [-0.3, -0.25) is 0 Å². The molecule has 112 valence electrons. The third-order valence-corrected chi connectivity index (χ3v) is 3.82. The van der Waals surface area contributed by atoms with E-state index in [1.54, 1.807) is 0 Å². The van der Waals surface area contributed by atoms with Crippen molar-refractivity contribution < 1.29 is 9.84 Å². The molecule has 2 unspecified atom stereocenters. The van der Waals surface area contributed by atoms with Gasteiger partial charge in [-0.15, -0.1) is 0 Å². The van der Waals surface area contributed by atoms with Crippen molar-refractivity contribution in [2.45, 2.75) is 39.5 Å². The molecular formula is C16H26N2O2. The van der Waals surface area contributed by atoms with Crippen LogP contribution in [0, 0.1) is 6.92 Å². The fourth-order valence-corrected chi connectivity index (χ4v) is 2.66. The van der Waals surface area contributed by atoms with Crippen LogP contribution < -0.4 is 10.2 Å². The highest BCUT2D eigenvalue weighted by molar-refractivity contribution is 5.56. The second-order valence-electron chi connectivity index (χ2n) is 5.55. The maximum absolute atomic E-state index is 9.33. The van der Waals surface area contributed by atoms with Crippen LogP contribution in [0.15, 0.2) is 18.2 Å². The minimum atomic E-state index is -0.0838. The molecule has 1 aliphatic heterocycles. The number of anilines is 1. The minimum absolute atomic E-state index is 0.0810. The number of benzene rings is 1. The Kier molecular flexibility index (Phi) is 5.40. The molecule has 1 heterocycles. The van der Waals surface area contributed by atoms with Gasteiger partial charge in [0.1, 0.15) is 0 Å². The number of nitrogens with zero attached hydrogens (tertiary/aromatic N) is 1. The third-order valence-electron chi connectivity index (χ3n) is 3.82. The first-order chi connectivity index (χ1) is 9.65. The van der Waals surface area contributed by atoms with E-state index >= 15 is 0 Å². The monoisotopic (exact) mass is 278 g/mol. The van der Waals surface area contributed by atoms with E-state index in [0.717, 1.165) is 19.6 Å². The van der Waals surface area contributed by atoms with Crippen LogP contribution in [0.25, 0.3) is 0 Å². The van der Waals surface area contributed by atoms with E-state index < -0.39 is 0 Å². The molecule has 0 aromatic heterocycles. The van der Waals surface area contributed by atoms with Gasteiger partial charge in [-0.1, -0.05) is 24.6 Å². The SMILES string of the molecule is CCNCc1cc(C)ccc1N1CC(CO)OCC1C. The quantitative estimate of drug-likeness (QED) is 0.860. The summed E-state index contributed by atoms with van der Waals surface area (Å²) in [7, 11) is 0. The molecule has 1 saturated heterocycles. The van der Waals surface area contributed by atoms with Crippen LogP contribution in [-0.4, -0.2) is 43.6 Å². The molecule has 0 bridgehead atoms. The Morgan fingerprint density at radius 1 is 1.45 bits per heavy atom. The lowest BCUT2D eigenvalue weighted by molar-refractivity contribution is -0.0103. The van der Waals surface area contributed by atoms with Gasteiger partial charge in [0, 0.05) is 24.8 Å². The Morgan fingerprint density at radius 2 is 2.25 bits per heavy atom. The van der Waals surface area contributed by atoms with Gasteiger partial charge in [0.15, 0.2) is 0 Å². The molecule has 4 nitrogen and oxygen atoms in total. The van der Waals surface area contributed by atoms with Crippen molar-refractivity contribution in [2.75, 3.05) is 31.2 Å². The molecule has 4 heteroatoms. The molecule has 1 aliphatic rings. The Morgan fingerprint density at radius 3 is 2.95 bits per heavy atom. The number of ether oxygens (including phenoxy) is 1. The van der Waals surface area contributed by atoms with E-state index in [-0.39, 0.29) is 12.7 Å². The lowest BCUT2D eigenvalue weighted by atomic mass is 10.1. The second-order valence-corrected chi connectivity index (χ2v) is 5.55. The van der Waals surface area contributed by atoms with E-state index in [1.165, 1.54) is 16.8 Å². The number of morpholine rings is 1. The molecule has 0 amide bonds. The molecule has 2 rings (SSSR count). The lowest BCUT2D eigenvalue weighted by Crippen LogP contribution is -2.50. The normalized spacial score (nSPS) is 23.1. The van der Waals surface area contributed by atoms with Crippen molar-refractivity contribution >= 4 is 5.69 Å². The van der Waals surface area contributed by atoms with E-state index in [9.17, 15) is 5.11 Å². The highest BCUT2D eigenvalue weighted by Gasteiger charge is 2.27. The van der Waals surface area contributed by atoms with E-state index in [1.807, 2.05) is 0 Å². The smallest absolute Gasteiger partial charge is 0.0981 e. The number of hydrogen-bond donors (Lipinski definition) is 2. The van der Waals surface area contributed by atoms with Gasteiger partial charge in [0.05, 0.1) is 19.3 Å². The number of aliphatic hydroxyl groups excluding tert-OH is 1. The molecule has 0 aliphatic carbocycles. The van der Waals surface area contributed by atoms with Crippen LogP contribution in [0.5, 0.6) is 0 Å². The summed E-state index contributed by atoms with van der Waals surface area (Å²) in [6, 6.07) is 6.92. The molecule has 20 heavy (non-hydrogen) atoms. The maximum atomic E-state index is 9.33. The zero-order valence-electron chi connectivity index (χ0n) is 12.7. The van der Waals surface area contributed by atoms with Crippen molar-refractivity contribution in [3.63, 3.8) is 0 Å². The van der Waals surface area contributed by atoms with Crippen LogP contribution in [0.2, 0.25) is 0 Å². The topological polar surface area (TPSA) is 44.7 Å². The van der Waals surface area contributed by atoms with Crippen molar-refractivity contribution in [2.24, 2.45) is 0 Å². The first-order valence-corrected chi connectivity index (χ1v) is 7.45. The van der Waals surface area contributed by atoms with Gasteiger partial charge in [0.25, 0.3) is 0 Å². The molecule has 2 atom stereocenters. The zero-order chi connectivity index (χ0) is 14.5. The predicted octanol–water partition coefficient (Wildman–Crippen LogP) is 1.69. The van der Waals surface area contributed by atoms with Gasteiger partial charge in [-0.05, 0) is 32.0 Å². The number of aryl methyl sites for hydroxylation is 1. The zero-order valence-corrected chi connectivity index (χ0v) is 12.7. The highest BCUT2D eigenvalue weighted by Crippen LogP contribution is 2.27. The molecule has 1 aromatic rings. The van der Waals surface area contributed by atoms with Gasteiger partial charge in [0.2, 0.25) is 0 Å². The molecule has 1 fully saturated rings. The Hall–Kier alpha value is -1.10. The summed E-state index contributed by atoms with van der Waals surface area (Å²) in [6.45, 7) is 9.75. The first-order valence-electron chi connectivity index (χ1n) is 7.45. The Labute approximate surface area is 121 Å². The van der Waals surface area contributed by atoms with Crippen molar-refractivity contribution in [1.82, 2.24) is 5.32 Å². The third kappa shape index (κ3) is 3.51. The van der Waals surface area contributed by atoms with Crippen LogP contribution in [0.4, 0.5) is 5.69 Å². The summed E-state index contributed by atoms with van der Waals surface area (Å²) in [5.74, 6) is 0. The minimum Gasteiger partial charge on any atom is -0.394 e. The van der Waals surface area contributed by atoms with Gasteiger partial charge >= 0.3 is 0 Å². The molecule has 0 radical (unpaired) electrons. The van der Waals surface area contributed by atoms with Gasteiger partial charge < -0.3 is 20.1 Å². The number of hydrogen-bond acceptors (Lipinski definition) is 4. The average Bonchev–Trinajstić information content (AvgIpc) is 2.46. The summed E-state index contributed by atoms with van der Waals surface area (Å²) >= 11 is 0. The van der Waals surface area contributed by atoms with E-state index in [2.05, 4.69) is 49.2 Å². The summed E-state index contributed by atoms with van der Waals surface area (Å²) in [5.41, 5.74) is 3.85. The summed E-state index contributed by atoms with van der Waals surface area (Å²) in [4.78, 5) is 2.36. The van der Waals surface area contributed by atoms with Crippen LogP contribution >= 0.6 is 0 Å². The van der Waals surface area contributed by atoms with E-state index in [4.69, 9.17) is 4.74 Å². The van der Waals surface area contributed by atoms with Crippen molar-refractivity contribution in [3.05, 3.63) is 29.3 Å². The van der Waals surface area contributed by atoms with Crippen molar-refractivity contribution in [3.8, 4) is 0 Å². The summed E-state index contributed by atoms with van der Waals surface area (Å²) in [5, 5.41) is 12.7. The van der Waals surface area contributed by atoms with Crippen molar-refractivity contribution in [1.29, 1.82) is 0 Å². The average molecular weight is 278 g/mol. The van der Waals surface area contributed by atoms with Gasteiger partial charge in [-0.25, -0.2) is 0 Å². The molecule has 1 aromatic carbocycles. The number of nitrogens with one attached hydrogen (secondary N) is 1. The maximum Gasteiger partial charge on any atom is 0.0981 e. The number of rotatable bonds is 5. The van der Waals surface area contributed by atoms with E-state index in [0.29, 0.717) is 12.6 Å². The Balaban J connectivity index is 2.24. The molecule has 0 saturated carbocycles. The Bertz CT molecular complexity index is 436. The highest BCUT2D eigenvalue weighted by atomic mass is 16.5. The molecule has 2 N–H and O–H groups in total. The van der Waals surface area contributed by atoms with Crippen LogP contribution in [-0.2, 0) is 11.3 Å². The van der Waals surface area contributed by atoms with Crippen LogP contribution in [0.3, 0.4) is 0 Å². The predicted molar refractivity (Wildman–Crippen MR) is 82.2 cm³/mol. The summed E-state index contributed by atoms with van der Waals surface area (Å²) in [6.07, 6.45) is -0.0838. The van der Waals surface area contributed by atoms with Crippen LogP contribution in [0.1, 0.15) is 25.0 Å². The standard InChI is InChI=1S/C16H26N2O2/c1-4-17-8-14-7-12(2)5-6-16(14)18-9-15(10-19)20-11-13(18)3/h5-7,13,15,17,19H,4,8-11H2,1-3H3. The molecular weight excluding hydrogens is 252 g/mol. The first kappa shape index (κ1) is 15.3. The second kappa shape index (κ2) is 7.07. The fraction of sp³-hybridized carbons (Fsp3) is 0.625. The lowest BCUT2D eigenvalue weighted by Gasteiger charge is -2.40. The summed E-state index contributed by atoms with van der Waals surface area (Å²) < 4.78 is 5.63. The largest absolute Gasteiger partial charge is 0.394 e. The number of aliphatic hydroxyl groups is 1.